The summed E-state index contributed by atoms with van der Waals surface area (Å²) in [6.45, 7) is 7.14. The minimum absolute atomic E-state index is 0.162. The lowest BCUT2D eigenvalue weighted by Crippen LogP contribution is -2.47. The third-order valence-electron chi connectivity index (χ3n) is 6.95. The van der Waals surface area contributed by atoms with Crippen LogP contribution in [0.15, 0.2) is 42.5 Å². The molecule has 2 saturated heterocycles. The Labute approximate surface area is 179 Å². The van der Waals surface area contributed by atoms with Gasteiger partial charge in [-0.3, -0.25) is 4.79 Å². The van der Waals surface area contributed by atoms with Crippen LogP contribution in [0.4, 0.5) is 0 Å². The average Bonchev–Trinajstić information content (AvgIpc) is 3.24. The largest absolute Gasteiger partial charge is 0.396 e. The van der Waals surface area contributed by atoms with E-state index in [9.17, 15) is 9.90 Å². The molecule has 1 amide bonds. The molecule has 2 aliphatic rings. The van der Waals surface area contributed by atoms with Gasteiger partial charge in [0.2, 0.25) is 5.91 Å². The van der Waals surface area contributed by atoms with Crippen molar-refractivity contribution in [1.29, 1.82) is 0 Å². The highest BCUT2D eigenvalue weighted by Crippen LogP contribution is 2.40. The molecule has 0 spiro atoms. The number of carbonyl (C=O) groups is 1. The van der Waals surface area contributed by atoms with Crippen LogP contribution < -0.4 is 0 Å². The van der Waals surface area contributed by atoms with E-state index in [1.165, 1.54) is 27.8 Å². The summed E-state index contributed by atoms with van der Waals surface area (Å²) >= 11 is 0. The van der Waals surface area contributed by atoms with E-state index in [2.05, 4.69) is 56.3 Å². The number of nitrogens with zero attached hydrogens (tertiary/aromatic N) is 1. The molecule has 0 bridgehead atoms. The zero-order valence-corrected chi connectivity index (χ0v) is 18.2. The number of hydrogen-bond donors (Lipinski definition) is 1. The van der Waals surface area contributed by atoms with Gasteiger partial charge in [0.05, 0.1) is 5.41 Å². The van der Waals surface area contributed by atoms with Crippen LogP contribution in [0.5, 0.6) is 0 Å². The number of hydrogen-bond acceptors (Lipinski definition) is 3. The SMILES string of the molecule is Cc1ccc(-c2ccccc2CC2(C(=O)N3CCC(CO)C3)CCOCC2)c(C)c1. The van der Waals surface area contributed by atoms with Crippen LogP contribution in [0.3, 0.4) is 0 Å². The van der Waals surface area contributed by atoms with Gasteiger partial charge in [0.15, 0.2) is 0 Å². The summed E-state index contributed by atoms with van der Waals surface area (Å²) in [6.07, 6.45) is 3.15. The Kier molecular flexibility index (Phi) is 6.26. The highest BCUT2D eigenvalue weighted by atomic mass is 16.5. The molecule has 2 aliphatic heterocycles. The van der Waals surface area contributed by atoms with E-state index >= 15 is 0 Å². The number of carbonyl (C=O) groups excluding carboxylic acids is 1. The molecule has 1 unspecified atom stereocenters. The van der Waals surface area contributed by atoms with Gasteiger partial charge in [0.1, 0.15) is 0 Å². The van der Waals surface area contributed by atoms with Crippen LogP contribution in [0.25, 0.3) is 11.1 Å². The number of benzene rings is 2. The lowest BCUT2D eigenvalue weighted by Gasteiger charge is -2.39. The number of likely N-dealkylation sites (tertiary alicyclic amines) is 1. The predicted octanol–water partition coefficient (Wildman–Crippen LogP) is 4.15. The van der Waals surface area contributed by atoms with E-state index in [1.54, 1.807) is 0 Å². The number of aliphatic hydroxyl groups is 1. The Morgan fingerprint density at radius 1 is 1.13 bits per heavy atom. The van der Waals surface area contributed by atoms with Gasteiger partial charge < -0.3 is 14.7 Å². The summed E-state index contributed by atoms with van der Waals surface area (Å²) in [4.78, 5) is 15.7. The maximum atomic E-state index is 13.7. The smallest absolute Gasteiger partial charge is 0.229 e. The molecule has 0 saturated carbocycles. The molecule has 1 atom stereocenters. The second kappa shape index (κ2) is 8.91. The van der Waals surface area contributed by atoms with Crippen LogP contribution in [0.1, 0.15) is 36.0 Å². The standard InChI is InChI=1S/C26H33NO3/c1-19-7-8-23(20(2)15-19)24-6-4-3-5-22(24)16-26(10-13-30-14-11-26)25(29)27-12-9-21(17-27)18-28/h3-8,15,21,28H,9-14,16-18H2,1-2H3. The van der Waals surface area contributed by atoms with E-state index in [0.29, 0.717) is 19.8 Å². The third-order valence-corrected chi connectivity index (χ3v) is 6.95. The molecular weight excluding hydrogens is 374 g/mol. The van der Waals surface area contributed by atoms with Crippen molar-refractivity contribution in [3.63, 3.8) is 0 Å². The zero-order valence-electron chi connectivity index (χ0n) is 18.2. The third kappa shape index (κ3) is 4.17. The zero-order chi connectivity index (χ0) is 21.1. The summed E-state index contributed by atoms with van der Waals surface area (Å²) in [5, 5.41) is 9.53. The number of rotatable bonds is 5. The Morgan fingerprint density at radius 3 is 2.60 bits per heavy atom. The molecule has 30 heavy (non-hydrogen) atoms. The molecule has 2 heterocycles. The highest BCUT2D eigenvalue weighted by molar-refractivity contribution is 5.84. The van der Waals surface area contributed by atoms with Gasteiger partial charge in [0, 0.05) is 38.8 Å². The second-order valence-electron chi connectivity index (χ2n) is 9.13. The molecule has 4 heteroatoms. The Morgan fingerprint density at radius 2 is 1.90 bits per heavy atom. The molecule has 0 aromatic heterocycles. The second-order valence-corrected chi connectivity index (χ2v) is 9.13. The van der Waals surface area contributed by atoms with E-state index in [1.807, 2.05) is 4.90 Å². The van der Waals surface area contributed by atoms with E-state index in [4.69, 9.17) is 4.74 Å². The van der Waals surface area contributed by atoms with E-state index < -0.39 is 5.41 Å². The van der Waals surface area contributed by atoms with Crippen LogP contribution in [0, 0.1) is 25.2 Å². The quantitative estimate of drug-likeness (QED) is 0.810. The van der Waals surface area contributed by atoms with Crippen molar-refractivity contribution in [3.05, 3.63) is 59.2 Å². The summed E-state index contributed by atoms with van der Waals surface area (Å²) < 4.78 is 5.65. The Bertz CT molecular complexity index is 901. The van der Waals surface area contributed by atoms with Gasteiger partial charge >= 0.3 is 0 Å². The van der Waals surface area contributed by atoms with Gasteiger partial charge in [-0.05, 0) is 61.8 Å². The van der Waals surface area contributed by atoms with Gasteiger partial charge in [-0.25, -0.2) is 0 Å². The van der Waals surface area contributed by atoms with Crippen LogP contribution in [-0.4, -0.2) is 48.8 Å². The minimum Gasteiger partial charge on any atom is -0.396 e. The number of aliphatic hydroxyl groups excluding tert-OH is 1. The first kappa shape index (κ1) is 21.1. The lowest BCUT2D eigenvalue weighted by molar-refractivity contribution is -0.147. The summed E-state index contributed by atoms with van der Waals surface area (Å²) in [6, 6.07) is 15.1. The molecule has 1 N–H and O–H groups in total. The number of ether oxygens (including phenoxy) is 1. The normalized spacial score (nSPS) is 21.0. The van der Waals surface area contributed by atoms with Crippen molar-refractivity contribution >= 4 is 5.91 Å². The van der Waals surface area contributed by atoms with Crippen molar-refractivity contribution in [2.24, 2.45) is 11.3 Å². The molecule has 0 radical (unpaired) electrons. The maximum absolute atomic E-state index is 13.7. The fourth-order valence-corrected chi connectivity index (χ4v) is 5.15. The summed E-state index contributed by atoms with van der Waals surface area (Å²) in [5.74, 6) is 0.463. The average molecular weight is 408 g/mol. The van der Waals surface area contributed by atoms with E-state index in [-0.39, 0.29) is 18.4 Å². The summed E-state index contributed by atoms with van der Waals surface area (Å²) in [5.41, 5.74) is 5.81. The van der Waals surface area contributed by atoms with Gasteiger partial charge in [-0.2, -0.15) is 0 Å². The van der Waals surface area contributed by atoms with Gasteiger partial charge in [-0.15, -0.1) is 0 Å². The fraction of sp³-hybridized carbons (Fsp3) is 0.500. The van der Waals surface area contributed by atoms with Crippen LogP contribution in [0.2, 0.25) is 0 Å². The Balaban J connectivity index is 1.67. The molecule has 2 aromatic rings. The monoisotopic (exact) mass is 407 g/mol. The van der Waals surface area contributed by atoms with Gasteiger partial charge in [0.25, 0.3) is 0 Å². The fourth-order valence-electron chi connectivity index (χ4n) is 5.15. The first-order valence-electron chi connectivity index (χ1n) is 11.2. The molecular formula is C26H33NO3. The molecule has 2 aromatic carbocycles. The number of amides is 1. The Hall–Kier alpha value is -2.17. The lowest BCUT2D eigenvalue weighted by atomic mass is 9.72. The van der Waals surface area contributed by atoms with Crippen LogP contribution in [-0.2, 0) is 16.0 Å². The van der Waals surface area contributed by atoms with Crippen molar-refractivity contribution in [3.8, 4) is 11.1 Å². The maximum Gasteiger partial charge on any atom is 0.229 e. The minimum atomic E-state index is -0.419. The van der Waals surface area contributed by atoms with Crippen molar-refractivity contribution in [2.45, 2.75) is 39.5 Å². The molecule has 160 valence electrons. The highest BCUT2D eigenvalue weighted by Gasteiger charge is 2.44. The number of aryl methyl sites for hydroxylation is 2. The first-order chi connectivity index (χ1) is 14.5. The topological polar surface area (TPSA) is 49.8 Å². The predicted molar refractivity (Wildman–Crippen MR) is 119 cm³/mol. The molecule has 2 fully saturated rings. The molecule has 4 nitrogen and oxygen atoms in total. The molecule has 0 aliphatic carbocycles. The summed E-state index contributed by atoms with van der Waals surface area (Å²) in [7, 11) is 0. The van der Waals surface area contributed by atoms with Crippen LogP contribution >= 0.6 is 0 Å². The van der Waals surface area contributed by atoms with E-state index in [0.717, 1.165) is 32.2 Å². The van der Waals surface area contributed by atoms with Crippen molar-refractivity contribution < 1.29 is 14.6 Å². The van der Waals surface area contributed by atoms with Gasteiger partial charge in [-0.1, -0.05) is 48.0 Å². The molecule has 4 rings (SSSR count). The van der Waals surface area contributed by atoms with Crippen molar-refractivity contribution in [1.82, 2.24) is 4.90 Å². The first-order valence-corrected chi connectivity index (χ1v) is 11.2. The van der Waals surface area contributed by atoms with Crippen molar-refractivity contribution in [2.75, 3.05) is 32.9 Å².